The molecule has 0 aliphatic carbocycles. The van der Waals surface area contributed by atoms with E-state index in [4.69, 9.17) is 0 Å². The van der Waals surface area contributed by atoms with Gasteiger partial charge in [-0.05, 0) is 43.3 Å². The monoisotopic (exact) mass is 194 g/mol. The standard InChI is InChI=1S/C8H18OS2/c1-10-6-3-4-8(9)5-7-11-2/h8-9H,3-7H2,1-2H3. The highest BCUT2D eigenvalue weighted by Crippen LogP contribution is 2.08. The van der Waals surface area contributed by atoms with E-state index in [9.17, 15) is 5.11 Å². The summed E-state index contributed by atoms with van der Waals surface area (Å²) in [6, 6.07) is 0. The first-order valence-electron chi connectivity index (χ1n) is 3.97. The summed E-state index contributed by atoms with van der Waals surface area (Å²) in [6.07, 6.45) is 7.20. The molecule has 0 aliphatic rings. The lowest BCUT2D eigenvalue weighted by atomic mass is 10.2. The maximum absolute atomic E-state index is 9.38. The molecule has 0 aliphatic heterocycles. The summed E-state index contributed by atoms with van der Waals surface area (Å²) in [4.78, 5) is 0. The van der Waals surface area contributed by atoms with Gasteiger partial charge in [-0.3, -0.25) is 0 Å². The highest BCUT2D eigenvalue weighted by atomic mass is 32.2. The van der Waals surface area contributed by atoms with Gasteiger partial charge in [0.15, 0.2) is 0 Å². The third kappa shape index (κ3) is 8.57. The zero-order valence-corrected chi connectivity index (χ0v) is 9.01. The quantitative estimate of drug-likeness (QED) is 0.628. The van der Waals surface area contributed by atoms with Crippen LogP contribution < -0.4 is 0 Å². The first kappa shape index (κ1) is 11.7. The van der Waals surface area contributed by atoms with E-state index in [-0.39, 0.29) is 6.10 Å². The molecule has 68 valence electrons. The Hall–Kier alpha value is 0.660. The van der Waals surface area contributed by atoms with Crippen molar-refractivity contribution in [2.24, 2.45) is 0 Å². The number of rotatable bonds is 7. The molecule has 0 fully saturated rings. The van der Waals surface area contributed by atoms with Crippen LogP contribution in [0.15, 0.2) is 0 Å². The van der Waals surface area contributed by atoms with Crippen LogP contribution in [0.4, 0.5) is 0 Å². The van der Waals surface area contributed by atoms with Gasteiger partial charge in [0.2, 0.25) is 0 Å². The zero-order chi connectivity index (χ0) is 8.53. The van der Waals surface area contributed by atoms with Gasteiger partial charge in [-0.25, -0.2) is 0 Å². The number of aliphatic hydroxyl groups is 1. The van der Waals surface area contributed by atoms with E-state index in [0.29, 0.717) is 0 Å². The third-order valence-electron chi connectivity index (χ3n) is 1.54. The number of aliphatic hydroxyl groups excluding tert-OH is 1. The Morgan fingerprint density at radius 1 is 1.09 bits per heavy atom. The summed E-state index contributed by atoms with van der Waals surface area (Å²) in [5, 5.41) is 9.38. The first-order chi connectivity index (χ1) is 5.31. The fraction of sp³-hybridized carbons (Fsp3) is 1.00. The van der Waals surface area contributed by atoms with E-state index < -0.39 is 0 Å². The minimum atomic E-state index is -0.0606. The summed E-state index contributed by atoms with van der Waals surface area (Å²) in [6.45, 7) is 0. The smallest absolute Gasteiger partial charge is 0.0548 e. The molecule has 0 bridgehead atoms. The second-order valence-electron chi connectivity index (χ2n) is 2.57. The van der Waals surface area contributed by atoms with Crippen LogP contribution >= 0.6 is 23.5 Å². The van der Waals surface area contributed by atoms with Crippen molar-refractivity contribution in [3.8, 4) is 0 Å². The molecule has 0 aromatic rings. The van der Waals surface area contributed by atoms with Gasteiger partial charge in [0.1, 0.15) is 0 Å². The van der Waals surface area contributed by atoms with Gasteiger partial charge in [-0.2, -0.15) is 23.5 Å². The molecule has 0 saturated carbocycles. The largest absolute Gasteiger partial charge is 0.393 e. The topological polar surface area (TPSA) is 20.2 Å². The van der Waals surface area contributed by atoms with Gasteiger partial charge in [0, 0.05) is 0 Å². The van der Waals surface area contributed by atoms with Crippen molar-refractivity contribution in [1.82, 2.24) is 0 Å². The lowest BCUT2D eigenvalue weighted by Gasteiger charge is -2.07. The lowest BCUT2D eigenvalue weighted by Crippen LogP contribution is -2.07. The normalized spacial score (nSPS) is 13.4. The van der Waals surface area contributed by atoms with Crippen LogP contribution in [-0.2, 0) is 0 Å². The first-order valence-corrected chi connectivity index (χ1v) is 6.76. The fourth-order valence-electron chi connectivity index (χ4n) is 0.862. The molecule has 1 unspecified atom stereocenters. The summed E-state index contributed by atoms with van der Waals surface area (Å²) in [7, 11) is 0. The molecule has 1 nitrogen and oxygen atoms in total. The van der Waals surface area contributed by atoms with Crippen LogP contribution in [0.25, 0.3) is 0 Å². The molecule has 0 aromatic carbocycles. The van der Waals surface area contributed by atoms with Gasteiger partial charge >= 0.3 is 0 Å². The highest BCUT2D eigenvalue weighted by molar-refractivity contribution is 7.98. The Labute approximate surface area is 78.3 Å². The van der Waals surface area contributed by atoms with Crippen molar-refractivity contribution < 1.29 is 5.11 Å². The molecule has 0 rings (SSSR count). The molecule has 0 heterocycles. The van der Waals surface area contributed by atoms with E-state index in [1.165, 1.54) is 5.75 Å². The Morgan fingerprint density at radius 3 is 2.27 bits per heavy atom. The van der Waals surface area contributed by atoms with Crippen molar-refractivity contribution in [2.45, 2.75) is 25.4 Å². The Morgan fingerprint density at radius 2 is 1.73 bits per heavy atom. The minimum Gasteiger partial charge on any atom is -0.393 e. The van der Waals surface area contributed by atoms with E-state index in [1.54, 1.807) is 11.8 Å². The minimum absolute atomic E-state index is 0.0606. The predicted molar refractivity (Wildman–Crippen MR) is 56.6 cm³/mol. The maximum atomic E-state index is 9.38. The Bertz CT molecular complexity index is 78.5. The SMILES string of the molecule is CSCCCC(O)CCSC. The molecule has 0 saturated heterocycles. The Kier molecular flexibility index (Phi) is 9.28. The van der Waals surface area contributed by atoms with Gasteiger partial charge in [0.05, 0.1) is 6.10 Å². The molecular weight excluding hydrogens is 176 g/mol. The molecule has 11 heavy (non-hydrogen) atoms. The number of hydrogen-bond acceptors (Lipinski definition) is 3. The summed E-state index contributed by atoms with van der Waals surface area (Å²) >= 11 is 3.66. The summed E-state index contributed by atoms with van der Waals surface area (Å²) in [5.41, 5.74) is 0. The van der Waals surface area contributed by atoms with Crippen LogP contribution in [0, 0.1) is 0 Å². The summed E-state index contributed by atoms with van der Waals surface area (Å²) < 4.78 is 0. The number of hydrogen-bond donors (Lipinski definition) is 1. The van der Waals surface area contributed by atoms with Crippen LogP contribution in [0.1, 0.15) is 19.3 Å². The molecule has 3 heteroatoms. The third-order valence-corrected chi connectivity index (χ3v) is 2.88. The van der Waals surface area contributed by atoms with Crippen LogP contribution in [0.3, 0.4) is 0 Å². The second-order valence-corrected chi connectivity index (χ2v) is 4.54. The average molecular weight is 194 g/mol. The van der Waals surface area contributed by atoms with Crippen molar-refractivity contribution in [3.63, 3.8) is 0 Å². The number of thioether (sulfide) groups is 2. The molecular formula is C8H18OS2. The van der Waals surface area contributed by atoms with Crippen molar-refractivity contribution in [3.05, 3.63) is 0 Å². The van der Waals surface area contributed by atoms with Gasteiger partial charge in [-0.1, -0.05) is 0 Å². The zero-order valence-electron chi connectivity index (χ0n) is 7.38. The molecule has 0 amide bonds. The van der Waals surface area contributed by atoms with Crippen molar-refractivity contribution in [1.29, 1.82) is 0 Å². The summed E-state index contributed by atoms with van der Waals surface area (Å²) in [5.74, 6) is 2.26. The van der Waals surface area contributed by atoms with Gasteiger partial charge in [0.25, 0.3) is 0 Å². The lowest BCUT2D eigenvalue weighted by molar-refractivity contribution is 0.161. The van der Waals surface area contributed by atoms with Crippen LogP contribution in [0.2, 0.25) is 0 Å². The van der Waals surface area contributed by atoms with Crippen molar-refractivity contribution in [2.75, 3.05) is 24.0 Å². The van der Waals surface area contributed by atoms with Crippen molar-refractivity contribution >= 4 is 23.5 Å². The fourth-order valence-corrected chi connectivity index (χ4v) is 1.82. The average Bonchev–Trinajstić information content (AvgIpc) is 2.01. The van der Waals surface area contributed by atoms with E-state index in [0.717, 1.165) is 25.0 Å². The van der Waals surface area contributed by atoms with Gasteiger partial charge in [-0.15, -0.1) is 0 Å². The highest BCUT2D eigenvalue weighted by Gasteiger charge is 2.01. The van der Waals surface area contributed by atoms with Crippen LogP contribution in [0.5, 0.6) is 0 Å². The maximum Gasteiger partial charge on any atom is 0.0548 e. The van der Waals surface area contributed by atoms with Crippen LogP contribution in [-0.4, -0.2) is 35.2 Å². The van der Waals surface area contributed by atoms with E-state index in [1.807, 2.05) is 11.8 Å². The molecule has 0 aromatic heterocycles. The van der Waals surface area contributed by atoms with E-state index >= 15 is 0 Å². The van der Waals surface area contributed by atoms with E-state index in [2.05, 4.69) is 12.5 Å². The van der Waals surface area contributed by atoms with Gasteiger partial charge < -0.3 is 5.11 Å². The predicted octanol–water partition coefficient (Wildman–Crippen LogP) is 2.24. The molecule has 0 radical (unpaired) electrons. The molecule has 0 spiro atoms. The molecule has 1 N–H and O–H groups in total. The molecule has 1 atom stereocenters. The second kappa shape index (κ2) is 8.75. The Balaban J connectivity index is 3.02.